The Kier molecular flexibility index (Phi) is 7.53. The van der Waals surface area contributed by atoms with E-state index in [0.717, 1.165) is 61.7 Å². The van der Waals surface area contributed by atoms with Crippen LogP contribution in [0.2, 0.25) is 0 Å². The minimum atomic E-state index is -0.671. The monoisotopic (exact) mass is 796 g/mol. The van der Waals surface area contributed by atoms with Crippen molar-refractivity contribution >= 4 is 61.3 Å². The van der Waals surface area contributed by atoms with E-state index in [9.17, 15) is 0 Å². The molecule has 2 aromatic heterocycles. The molecule has 0 saturated carbocycles. The van der Waals surface area contributed by atoms with Gasteiger partial charge in [0.2, 0.25) is 0 Å². The molecule has 1 spiro atoms. The summed E-state index contributed by atoms with van der Waals surface area (Å²) in [6.45, 7) is 2.41. The van der Waals surface area contributed by atoms with Crippen LogP contribution in [-0.2, 0) is 5.41 Å². The number of nitrogens with zero attached hydrogens (tertiary/aromatic N) is 2. The zero-order valence-electron chi connectivity index (χ0n) is 34.1. The Balaban J connectivity index is 1.09. The first-order valence-corrected chi connectivity index (χ1v) is 21.5. The minimum Gasteiger partial charge on any atom is -0.459 e. The van der Waals surface area contributed by atoms with Gasteiger partial charge in [0, 0.05) is 62.0 Å². The van der Waals surface area contributed by atoms with E-state index in [1.807, 2.05) is 6.07 Å². The highest BCUT2D eigenvalue weighted by Crippen LogP contribution is 2.68. The number of benzene rings is 8. The molecule has 294 valence electrons. The number of hydrogen-bond acceptors (Lipinski definition) is 4. The Morgan fingerprint density at radius 2 is 1.03 bits per heavy atom. The van der Waals surface area contributed by atoms with E-state index < -0.39 is 5.41 Å². The topological polar surface area (TPSA) is 32.8 Å². The molecule has 3 aliphatic rings. The molecule has 10 aromatic rings. The van der Waals surface area contributed by atoms with Gasteiger partial charge >= 0.3 is 0 Å². The molecule has 3 atom stereocenters. The minimum absolute atomic E-state index is 0.0424. The van der Waals surface area contributed by atoms with Crippen LogP contribution in [0, 0.1) is 5.92 Å². The first kappa shape index (κ1) is 35.0. The third-order valence-corrected chi connectivity index (χ3v) is 13.7. The SMILES string of the molecule is CC1C(N(c2ccccc2)c2ccccc2)=CC=C2C1c1c(oc3ccccc13)C21c2ccccc2-c2ccc(N(c3ccccc3)c3cccc4c3oc3ccccc34)cc21. The smallest absolute Gasteiger partial charge is 0.159 e. The lowest BCUT2D eigenvalue weighted by atomic mass is 9.68. The average molecular weight is 797 g/mol. The van der Waals surface area contributed by atoms with Crippen molar-refractivity contribution in [3.05, 3.63) is 246 Å². The number of fused-ring (bicyclic) bond motifs is 15. The maximum Gasteiger partial charge on any atom is 0.159 e. The van der Waals surface area contributed by atoms with Gasteiger partial charge in [0.1, 0.15) is 22.3 Å². The second-order valence-electron chi connectivity index (χ2n) is 16.8. The molecule has 0 saturated heterocycles. The van der Waals surface area contributed by atoms with Crippen molar-refractivity contribution in [2.45, 2.75) is 18.3 Å². The van der Waals surface area contributed by atoms with Gasteiger partial charge in [-0.15, -0.1) is 0 Å². The predicted octanol–water partition coefficient (Wildman–Crippen LogP) is 15.5. The fraction of sp³-hybridized carbons (Fsp3) is 0.0690. The summed E-state index contributed by atoms with van der Waals surface area (Å²) < 4.78 is 14.0. The van der Waals surface area contributed by atoms with E-state index in [-0.39, 0.29) is 11.8 Å². The lowest BCUT2D eigenvalue weighted by Gasteiger charge is -2.39. The number of para-hydroxylation sites is 6. The van der Waals surface area contributed by atoms with Crippen LogP contribution in [0.4, 0.5) is 28.4 Å². The van der Waals surface area contributed by atoms with Gasteiger partial charge in [0.25, 0.3) is 0 Å². The van der Waals surface area contributed by atoms with Crippen molar-refractivity contribution in [3.63, 3.8) is 0 Å². The molecule has 0 fully saturated rings. The fourth-order valence-electron chi connectivity index (χ4n) is 11.2. The molecule has 13 rings (SSSR count). The predicted molar refractivity (Wildman–Crippen MR) is 253 cm³/mol. The third kappa shape index (κ3) is 4.78. The van der Waals surface area contributed by atoms with Gasteiger partial charge in [-0.05, 0) is 101 Å². The number of furan rings is 2. The first-order chi connectivity index (χ1) is 30.7. The Labute approximate surface area is 359 Å². The molecule has 2 heterocycles. The Morgan fingerprint density at radius 3 is 1.76 bits per heavy atom. The quantitative estimate of drug-likeness (QED) is 0.168. The summed E-state index contributed by atoms with van der Waals surface area (Å²) in [5, 5.41) is 3.39. The van der Waals surface area contributed by atoms with Gasteiger partial charge < -0.3 is 18.6 Å². The number of allylic oxidation sites excluding steroid dienone is 4. The molecule has 0 bridgehead atoms. The molecule has 4 heteroatoms. The summed E-state index contributed by atoms with van der Waals surface area (Å²) in [5.41, 5.74) is 16.2. The van der Waals surface area contributed by atoms with Crippen LogP contribution in [-0.4, -0.2) is 0 Å². The van der Waals surface area contributed by atoms with Gasteiger partial charge in [-0.2, -0.15) is 0 Å². The molecule has 62 heavy (non-hydrogen) atoms. The lowest BCUT2D eigenvalue weighted by Crippen LogP contribution is -2.32. The number of hydrogen-bond donors (Lipinski definition) is 0. The highest BCUT2D eigenvalue weighted by molar-refractivity contribution is 6.10. The second kappa shape index (κ2) is 13.3. The van der Waals surface area contributed by atoms with Crippen molar-refractivity contribution in [1.82, 2.24) is 0 Å². The highest BCUT2D eigenvalue weighted by atomic mass is 16.3. The van der Waals surface area contributed by atoms with Crippen molar-refractivity contribution in [3.8, 4) is 11.1 Å². The standard InChI is InChI=1S/C58H40N2O2/c1-37-50(59(38-18-5-2-6-19-38)39-20-7-3-8-21-39)35-34-48-54(37)55-46-26-13-16-31-53(46)62-57(55)58(48)47-28-14-11-24-42(47)43-33-32-41(36-49(43)58)60(40-22-9-4-10-23-40)51-29-17-27-45-44-25-12-15-30-52(44)61-56(45)51/h2-37,54H,1H3. The maximum absolute atomic E-state index is 7.32. The molecular formula is C58H40N2O2. The van der Waals surface area contributed by atoms with Crippen LogP contribution in [0.5, 0.6) is 0 Å². The summed E-state index contributed by atoms with van der Waals surface area (Å²) in [7, 11) is 0. The molecule has 0 radical (unpaired) electrons. The summed E-state index contributed by atoms with van der Waals surface area (Å²) in [6.07, 6.45) is 4.82. The van der Waals surface area contributed by atoms with E-state index in [1.54, 1.807) is 0 Å². The van der Waals surface area contributed by atoms with Crippen LogP contribution < -0.4 is 9.80 Å². The fourth-order valence-corrected chi connectivity index (χ4v) is 11.2. The molecule has 8 aromatic carbocycles. The first-order valence-electron chi connectivity index (χ1n) is 21.5. The van der Waals surface area contributed by atoms with E-state index in [4.69, 9.17) is 8.83 Å². The van der Waals surface area contributed by atoms with Crippen LogP contribution in [0.15, 0.2) is 232 Å². The molecule has 3 unspecified atom stereocenters. The third-order valence-electron chi connectivity index (χ3n) is 13.7. The number of anilines is 5. The molecular weight excluding hydrogens is 757 g/mol. The van der Waals surface area contributed by atoms with Gasteiger partial charge in [0.15, 0.2) is 5.58 Å². The van der Waals surface area contributed by atoms with Crippen molar-refractivity contribution in [1.29, 1.82) is 0 Å². The summed E-state index contributed by atoms with van der Waals surface area (Å²) in [5.74, 6) is 1.16. The van der Waals surface area contributed by atoms with E-state index in [1.165, 1.54) is 44.5 Å². The van der Waals surface area contributed by atoms with Gasteiger partial charge in [-0.3, -0.25) is 0 Å². The Hall–Kier alpha value is -7.82. The van der Waals surface area contributed by atoms with Gasteiger partial charge in [-0.25, -0.2) is 0 Å². The normalized spacial score (nSPS) is 18.3. The molecule has 3 aliphatic carbocycles. The zero-order chi connectivity index (χ0) is 40.9. The van der Waals surface area contributed by atoms with Crippen molar-refractivity contribution in [2.24, 2.45) is 5.92 Å². The van der Waals surface area contributed by atoms with Crippen molar-refractivity contribution in [2.75, 3.05) is 9.80 Å². The highest BCUT2D eigenvalue weighted by Gasteiger charge is 2.60. The van der Waals surface area contributed by atoms with Gasteiger partial charge in [-0.1, -0.05) is 146 Å². The largest absolute Gasteiger partial charge is 0.459 e. The summed E-state index contributed by atoms with van der Waals surface area (Å²) >= 11 is 0. The van der Waals surface area contributed by atoms with Crippen LogP contribution in [0.3, 0.4) is 0 Å². The lowest BCUT2D eigenvalue weighted by molar-refractivity contribution is 0.496. The molecule has 0 amide bonds. The van der Waals surface area contributed by atoms with Crippen molar-refractivity contribution < 1.29 is 8.83 Å². The second-order valence-corrected chi connectivity index (χ2v) is 16.8. The molecule has 0 aliphatic heterocycles. The number of rotatable bonds is 6. The average Bonchev–Trinajstić information content (AvgIpc) is 4.06. The Bertz CT molecular complexity index is 3410. The summed E-state index contributed by atoms with van der Waals surface area (Å²) in [6, 6.07) is 71.7. The molecule has 4 nitrogen and oxygen atoms in total. The molecule has 0 N–H and O–H groups in total. The summed E-state index contributed by atoms with van der Waals surface area (Å²) in [4.78, 5) is 4.80. The van der Waals surface area contributed by atoms with E-state index in [2.05, 4.69) is 223 Å². The van der Waals surface area contributed by atoms with Crippen LogP contribution >= 0.6 is 0 Å². The Morgan fingerprint density at radius 1 is 0.452 bits per heavy atom. The zero-order valence-corrected chi connectivity index (χ0v) is 34.1. The van der Waals surface area contributed by atoms with Crippen LogP contribution in [0.25, 0.3) is 44.0 Å². The van der Waals surface area contributed by atoms with Crippen LogP contribution in [0.1, 0.15) is 35.3 Å². The van der Waals surface area contributed by atoms with Gasteiger partial charge in [0.05, 0.1) is 5.69 Å². The van der Waals surface area contributed by atoms with E-state index in [0.29, 0.717) is 0 Å². The van der Waals surface area contributed by atoms with E-state index >= 15 is 0 Å². The maximum atomic E-state index is 7.32.